The van der Waals surface area contributed by atoms with Crippen molar-refractivity contribution in [2.45, 2.75) is 36.5 Å². The third-order valence-electron chi connectivity index (χ3n) is 5.29. The van der Waals surface area contributed by atoms with E-state index in [9.17, 15) is 21.6 Å². The minimum Gasteiger partial charge on any atom is -0.308 e. The number of hydrogen-bond acceptors (Lipinski definition) is 5. The molecule has 0 saturated carbocycles. The summed E-state index contributed by atoms with van der Waals surface area (Å²) in [6, 6.07) is 10.8. The number of carbonyl (C=O) groups is 1. The Labute approximate surface area is 178 Å². The van der Waals surface area contributed by atoms with E-state index < -0.39 is 19.9 Å². The molecule has 1 aliphatic rings. The number of sulfonamides is 1. The fourth-order valence-electron chi connectivity index (χ4n) is 3.65. The first-order chi connectivity index (χ1) is 14.1. The number of benzene rings is 2. The summed E-state index contributed by atoms with van der Waals surface area (Å²) in [6.07, 6.45) is 2.58. The molecule has 0 spiro atoms. The van der Waals surface area contributed by atoms with E-state index in [0.29, 0.717) is 37.3 Å². The van der Waals surface area contributed by atoms with E-state index in [0.717, 1.165) is 18.2 Å². The molecule has 0 bridgehead atoms. The van der Waals surface area contributed by atoms with E-state index in [1.165, 1.54) is 34.6 Å². The number of aryl methyl sites for hydroxylation is 1. The number of rotatable bonds is 6. The van der Waals surface area contributed by atoms with E-state index in [1.807, 2.05) is 0 Å². The van der Waals surface area contributed by atoms with Crippen LogP contribution in [0.1, 0.15) is 36.2 Å². The Balaban J connectivity index is 1.90. The first-order valence-corrected chi connectivity index (χ1v) is 13.2. The van der Waals surface area contributed by atoms with Crippen LogP contribution in [0.25, 0.3) is 0 Å². The summed E-state index contributed by atoms with van der Waals surface area (Å²) in [4.78, 5) is 15.1. The van der Waals surface area contributed by atoms with E-state index in [-0.39, 0.29) is 15.7 Å². The number of fused-ring (bicyclic) bond motifs is 1. The monoisotopic (exact) mass is 450 g/mol. The zero-order chi connectivity index (χ0) is 22.1. The van der Waals surface area contributed by atoms with Crippen molar-refractivity contribution in [3.63, 3.8) is 0 Å². The summed E-state index contributed by atoms with van der Waals surface area (Å²) >= 11 is 0. The molecule has 2 aromatic carbocycles. The van der Waals surface area contributed by atoms with Crippen LogP contribution in [0.5, 0.6) is 0 Å². The molecular formula is C21H26N2O5S2. The van der Waals surface area contributed by atoms with Crippen molar-refractivity contribution in [1.82, 2.24) is 4.31 Å². The maximum absolute atomic E-state index is 13.1. The van der Waals surface area contributed by atoms with Gasteiger partial charge in [0.2, 0.25) is 10.0 Å². The molecule has 7 nitrogen and oxygen atoms in total. The molecule has 162 valence electrons. The smallest absolute Gasteiger partial charge is 0.258 e. The summed E-state index contributed by atoms with van der Waals surface area (Å²) in [5.41, 5.74) is 1.89. The molecular weight excluding hydrogens is 424 g/mol. The summed E-state index contributed by atoms with van der Waals surface area (Å²) in [7, 11) is -6.91. The predicted molar refractivity (Wildman–Crippen MR) is 116 cm³/mol. The predicted octanol–water partition coefficient (Wildman–Crippen LogP) is 2.71. The number of sulfone groups is 1. The van der Waals surface area contributed by atoms with Crippen molar-refractivity contribution in [2.24, 2.45) is 0 Å². The van der Waals surface area contributed by atoms with Crippen molar-refractivity contribution < 1.29 is 21.6 Å². The van der Waals surface area contributed by atoms with Gasteiger partial charge in [-0.25, -0.2) is 16.8 Å². The fraction of sp³-hybridized carbons (Fsp3) is 0.381. The van der Waals surface area contributed by atoms with Crippen molar-refractivity contribution in [1.29, 1.82) is 0 Å². The molecule has 0 saturated heterocycles. The van der Waals surface area contributed by atoms with Gasteiger partial charge in [-0.05, 0) is 60.9 Å². The lowest BCUT2D eigenvalue weighted by Crippen LogP contribution is -2.35. The van der Waals surface area contributed by atoms with Gasteiger partial charge < -0.3 is 4.90 Å². The average Bonchev–Trinajstić information content (AvgIpc) is 2.72. The SMILES string of the molecule is CCN(CC)S(=O)(=O)c1ccc(C(=O)N2CCCc3cc(S(C)(=O)=O)ccc32)cc1. The topological polar surface area (TPSA) is 91.8 Å². The van der Waals surface area contributed by atoms with Crippen molar-refractivity contribution in [3.05, 3.63) is 53.6 Å². The lowest BCUT2D eigenvalue weighted by Gasteiger charge is -2.30. The van der Waals surface area contributed by atoms with Crippen LogP contribution in [-0.4, -0.2) is 52.9 Å². The van der Waals surface area contributed by atoms with Crippen LogP contribution in [0.3, 0.4) is 0 Å². The van der Waals surface area contributed by atoms with Crippen LogP contribution in [0.4, 0.5) is 5.69 Å². The highest BCUT2D eigenvalue weighted by molar-refractivity contribution is 7.90. The summed E-state index contributed by atoms with van der Waals surface area (Å²) in [5.74, 6) is -0.241. The Kier molecular flexibility index (Phi) is 6.35. The van der Waals surface area contributed by atoms with Crippen LogP contribution in [-0.2, 0) is 26.3 Å². The van der Waals surface area contributed by atoms with Crippen LogP contribution < -0.4 is 4.90 Å². The summed E-state index contributed by atoms with van der Waals surface area (Å²) in [5, 5.41) is 0. The Morgan fingerprint density at radius 3 is 2.13 bits per heavy atom. The molecule has 0 N–H and O–H groups in total. The summed E-state index contributed by atoms with van der Waals surface area (Å²) < 4.78 is 50.3. The number of nitrogens with zero attached hydrogens (tertiary/aromatic N) is 2. The van der Waals surface area contributed by atoms with Crippen molar-refractivity contribution >= 4 is 31.5 Å². The zero-order valence-electron chi connectivity index (χ0n) is 17.3. The van der Waals surface area contributed by atoms with Crippen molar-refractivity contribution in [2.75, 3.05) is 30.8 Å². The molecule has 2 aromatic rings. The second kappa shape index (κ2) is 8.49. The quantitative estimate of drug-likeness (QED) is 0.675. The van der Waals surface area contributed by atoms with E-state index >= 15 is 0 Å². The number of carbonyl (C=O) groups excluding carboxylic acids is 1. The van der Waals surface area contributed by atoms with Gasteiger partial charge in [-0.2, -0.15) is 4.31 Å². The number of anilines is 1. The Morgan fingerprint density at radius 2 is 1.57 bits per heavy atom. The molecule has 0 aromatic heterocycles. The first kappa shape index (κ1) is 22.5. The lowest BCUT2D eigenvalue weighted by atomic mass is 10.0. The van der Waals surface area contributed by atoms with Gasteiger partial charge in [-0.15, -0.1) is 0 Å². The molecule has 1 amide bonds. The third kappa shape index (κ3) is 4.28. The van der Waals surface area contributed by atoms with Crippen molar-refractivity contribution in [3.8, 4) is 0 Å². The number of amides is 1. The first-order valence-electron chi connectivity index (χ1n) is 9.84. The molecule has 0 fully saturated rings. The highest BCUT2D eigenvalue weighted by Crippen LogP contribution is 2.31. The van der Waals surface area contributed by atoms with Gasteiger partial charge >= 0.3 is 0 Å². The Morgan fingerprint density at radius 1 is 0.967 bits per heavy atom. The van der Waals surface area contributed by atoms with Crippen LogP contribution in [0.2, 0.25) is 0 Å². The Bertz CT molecular complexity index is 1150. The second-order valence-corrected chi connectivity index (χ2v) is 11.2. The van der Waals surface area contributed by atoms with Crippen LogP contribution >= 0.6 is 0 Å². The van der Waals surface area contributed by atoms with Gasteiger partial charge in [0.1, 0.15) is 0 Å². The molecule has 1 heterocycles. The fourth-order valence-corrected chi connectivity index (χ4v) is 5.78. The molecule has 1 aliphatic heterocycles. The van der Waals surface area contributed by atoms with Gasteiger partial charge in [0.15, 0.2) is 9.84 Å². The largest absolute Gasteiger partial charge is 0.308 e. The minimum absolute atomic E-state index is 0.152. The van der Waals surface area contributed by atoms with E-state index in [2.05, 4.69) is 0 Å². The third-order valence-corrected chi connectivity index (χ3v) is 8.46. The normalized spacial score (nSPS) is 14.6. The van der Waals surface area contributed by atoms with Crippen LogP contribution in [0, 0.1) is 0 Å². The second-order valence-electron chi connectivity index (χ2n) is 7.24. The van der Waals surface area contributed by atoms with Gasteiger partial charge in [0.25, 0.3) is 5.91 Å². The highest BCUT2D eigenvalue weighted by atomic mass is 32.2. The van der Waals surface area contributed by atoms with Gasteiger partial charge in [0, 0.05) is 37.1 Å². The van der Waals surface area contributed by atoms with Gasteiger partial charge in [0.05, 0.1) is 9.79 Å². The molecule has 9 heteroatoms. The van der Waals surface area contributed by atoms with Gasteiger partial charge in [-0.1, -0.05) is 13.8 Å². The standard InChI is InChI=1S/C21H26N2O5S2/c1-4-22(5-2)30(27,28)18-10-8-16(9-11-18)21(24)23-14-6-7-17-15-19(29(3,25)26)12-13-20(17)23/h8-13,15H,4-7,14H2,1-3H3. The molecule has 0 radical (unpaired) electrons. The molecule has 0 unspecified atom stereocenters. The maximum Gasteiger partial charge on any atom is 0.258 e. The maximum atomic E-state index is 13.1. The average molecular weight is 451 g/mol. The minimum atomic E-state index is -3.58. The zero-order valence-corrected chi connectivity index (χ0v) is 19.0. The van der Waals surface area contributed by atoms with Crippen LogP contribution in [0.15, 0.2) is 52.3 Å². The Hall–Kier alpha value is -2.23. The highest BCUT2D eigenvalue weighted by Gasteiger charge is 2.26. The molecule has 3 rings (SSSR count). The number of hydrogen-bond donors (Lipinski definition) is 0. The molecule has 30 heavy (non-hydrogen) atoms. The summed E-state index contributed by atoms with van der Waals surface area (Å²) in [6.45, 7) is 4.83. The lowest BCUT2D eigenvalue weighted by molar-refractivity contribution is 0.0985. The molecule has 0 atom stereocenters. The van der Waals surface area contributed by atoms with Gasteiger partial charge in [-0.3, -0.25) is 4.79 Å². The van der Waals surface area contributed by atoms with E-state index in [1.54, 1.807) is 30.9 Å². The van der Waals surface area contributed by atoms with E-state index in [4.69, 9.17) is 0 Å². The molecule has 0 aliphatic carbocycles.